The number of benzene rings is 1. The number of aliphatic hydroxyl groups excluding tert-OH is 1. The molecule has 3 atom stereocenters. The first kappa shape index (κ1) is 10.9. The van der Waals surface area contributed by atoms with Crippen LogP contribution in [-0.2, 0) is 5.41 Å². The highest BCUT2D eigenvalue weighted by Crippen LogP contribution is 2.62. The van der Waals surface area contributed by atoms with E-state index in [1.165, 1.54) is 12.0 Å². The van der Waals surface area contributed by atoms with Gasteiger partial charge in [0.05, 0.1) is 6.10 Å². The maximum absolute atomic E-state index is 9.62. The van der Waals surface area contributed by atoms with E-state index in [-0.39, 0.29) is 11.5 Å². The van der Waals surface area contributed by atoms with Gasteiger partial charge in [-0.3, -0.25) is 0 Å². The number of rotatable bonds is 1. The van der Waals surface area contributed by atoms with Crippen molar-refractivity contribution in [1.29, 1.82) is 0 Å². The summed E-state index contributed by atoms with van der Waals surface area (Å²) < 4.78 is 0. The van der Waals surface area contributed by atoms with Crippen LogP contribution in [0.15, 0.2) is 18.2 Å². The molecule has 0 aromatic heterocycles. The maximum Gasteiger partial charge on any atom is 0.0543 e. The molecule has 1 nitrogen and oxygen atoms in total. The summed E-state index contributed by atoms with van der Waals surface area (Å²) in [7, 11) is 0. The van der Waals surface area contributed by atoms with E-state index in [4.69, 9.17) is 23.2 Å². The van der Waals surface area contributed by atoms with Crippen LogP contribution in [0.25, 0.3) is 0 Å². The Hall–Kier alpha value is -0.240. The highest BCUT2D eigenvalue weighted by molar-refractivity contribution is 6.34. The van der Waals surface area contributed by atoms with E-state index in [9.17, 15) is 5.11 Å². The van der Waals surface area contributed by atoms with Crippen LogP contribution in [-0.4, -0.2) is 11.2 Å². The fourth-order valence-electron chi connectivity index (χ4n) is 3.21. The molecular formula is C13H14Cl2O. The van der Waals surface area contributed by atoms with Gasteiger partial charge >= 0.3 is 0 Å². The van der Waals surface area contributed by atoms with Crippen molar-refractivity contribution in [3.05, 3.63) is 33.8 Å². The molecule has 0 radical (unpaired) electrons. The van der Waals surface area contributed by atoms with Crippen molar-refractivity contribution >= 4 is 23.2 Å². The summed E-state index contributed by atoms with van der Waals surface area (Å²) in [6.07, 6.45) is 3.98. The second-order valence-electron chi connectivity index (χ2n) is 5.14. The van der Waals surface area contributed by atoms with E-state index in [1.807, 2.05) is 12.1 Å². The van der Waals surface area contributed by atoms with Gasteiger partial charge in [0.15, 0.2) is 0 Å². The topological polar surface area (TPSA) is 20.2 Å². The van der Waals surface area contributed by atoms with Crippen LogP contribution < -0.4 is 0 Å². The average Bonchev–Trinajstić information content (AvgIpc) is 2.91. The van der Waals surface area contributed by atoms with Gasteiger partial charge < -0.3 is 5.11 Å². The van der Waals surface area contributed by atoms with Crippen LogP contribution in [0.5, 0.6) is 0 Å². The largest absolute Gasteiger partial charge is 0.393 e. The van der Waals surface area contributed by atoms with Gasteiger partial charge in [-0.25, -0.2) is 0 Å². The Morgan fingerprint density at radius 3 is 2.50 bits per heavy atom. The predicted molar refractivity (Wildman–Crippen MR) is 66.1 cm³/mol. The number of aliphatic hydroxyl groups is 1. The summed E-state index contributed by atoms with van der Waals surface area (Å²) in [5.41, 5.74) is 1.54. The molecule has 0 heterocycles. The minimum Gasteiger partial charge on any atom is -0.393 e. The molecule has 1 aromatic carbocycles. The van der Waals surface area contributed by atoms with Crippen molar-refractivity contribution in [2.45, 2.75) is 37.2 Å². The van der Waals surface area contributed by atoms with E-state index in [2.05, 4.69) is 0 Å². The first-order valence-electron chi connectivity index (χ1n) is 5.75. The first-order chi connectivity index (χ1) is 7.60. The minimum atomic E-state index is -0.102. The second kappa shape index (κ2) is 3.63. The molecule has 3 unspecified atom stereocenters. The predicted octanol–water partition coefficient (Wildman–Crippen LogP) is 3.80. The third-order valence-electron chi connectivity index (χ3n) is 4.15. The molecule has 0 aliphatic heterocycles. The molecule has 2 aliphatic carbocycles. The number of hydrogen-bond acceptors (Lipinski definition) is 1. The second-order valence-corrected chi connectivity index (χ2v) is 6.02. The van der Waals surface area contributed by atoms with E-state index < -0.39 is 0 Å². The fraction of sp³-hybridized carbons (Fsp3) is 0.538. The van der Waals surface area contributed by atoms with Crippen LogP contribution >= 0.6 is 23.2 Å². The van der Waals surface area contributed by atoms with Crippen LogP contribution in [0.1, 0.15) is 31.2 Å². The SMILES string of the molecule is OC1CCC2(c3cc(Cl)cc(Cl)c3)CC2C1. The van der Waals surface area contributed by atoms with Crippen molar-refractivity contribution in [3.8, 4) is 0 Å². The summed E-state index contributed by atoms with van der Waals surface area (Å²) in [5, 5.41) is 11.1. The molecule has 2 fully saturated rings. The van der Waals surface area contributed by atoms with Gasteiger partial charge in [-0.15, -0.1) is 0 Å². The van der Waals surface area contributed by atoms with E-state index >= 15 is 0 Å². The Balaban J connectivity index is 1.94. The van der Waals surface area contributed by atoms with Gasteiger partial charge in [-0.2, -0.15) is 0 Å². The lowest BCUT2D eigenvalue weighted by Crippen LogP contribution is -2.22. The lowest BCUT2D eigenvalue weighted by Gasteiger charge is -2.26. The van der Waals surface area contributed by atoms with Crippen LogP contribution in [0.3, 0.4) is 0 Å². The zero-order valence-corrected chi connectivity index (χ0v) is 10.4. The van der Waals surface area contributed by atoms with Crippen LogP contribution in [0, 0.1) is 5.92 Å². The third-order valence-corrected chi connectivity index (χ3v) is 4.59. The van der Waals surface area contributed by atoms with Crippen molar-refractivity contribution in [2.75, 3.05) is 0 Å². The van der Waals surface area contributed by atoms with Gasteiger partial charge in [0.2, 0.25) is 0 Å². The number of halogens is 2. The summed E-state index contributed by atoms with van der Waals surface area (Å²) in [6, 6.07) is 5.84. The molecule has 0 amide bonds. The zero-order chi connectivity index (χ0) is 11.3. The lowest BCUT2D eigenvalue weighted by atomic mass is 9.82. The molecule has 3 heteroatoms. The van der Waals surface area contributed by atoms with Gasteiger partial charge in [0.1, 0.15) is 0 Å². The molecule has 2 saturated carbocycles. The maximum atomic E-state index is 9.62. The quantitative estimate of drug-likeness (QED) is 0.811. The summed E-state index contributed by atoms with van der Waals surface area (Å²) >= 11 is 12.1. The van der Waals surface area contributed by atoms with Gasteiger partial charge in [0, 0.05) is 10.0 Å². The highest BCUT2D eigenvalue weighted by Gasteiger charge is 2.57. The molecule has 86 valence electrons. The van der Waals surface area contributed by atoms with Crippen molar-refractivity contribution in [1.82, 2.24) is 0 Å². The summed E-state index contributed by atoms with van der Waals surface area (Å²) in [5.74, 6) is 0.630. The van der Waals surface area contributed by atoms with Crippen LogP contribution in [0.4, 0.5) is 0 Å². The van der Waals surface area contributed by atoms with E-state index in [0.29, 0.717) is 16.0 Å². The van der Waals surface area contributed by atoms with Crippen LogP contribution in [0.2, 0.25) is 10.0 Å². The monoisotopic (exact) mass is 256 g/mol. The average molecular weight is 257 g/mol. The number of fused-ring (bicyclic) bond motifs is 1. The first-order valence-corrected chi connectivity index (χ1v) is 6.50. The van der Waals surface area contributed by atoms with Gasteiger partial charge in [0.25, 0.3) is 0 Å². The summed E-state index contributed by atoms with van der Waals surface area (Å²) in [4.78, 5) is 0. The summed E-state index contributed by atoms with van der Waals surface area (Å²) in [6.45, 7) is 0. The van der Waals surface area contributed by atoms with Crippen molar-refractivity contribution in [3.63, 3.8) is 0 Å². The molecule has 0 spiro atoms. The highest BCUT2D eigenvalue weighted by atomic mass is 35.5. The normalized spacial score (nSPS) is 36.9. The van der Waals surface area contributed by atoms with E-state index in [0.717, 1.165) is 19.3 Å². The minimum absolute atomic E-state index is 0.102. The lowest BCUT2D eigenvalue weighted by molar-refractivity contribution is 0.119. The van der Waals surface area contributed by atoms with Gasteiger partial charge in [-0.1, -0.05) is 23.2 Å². The molecular weight excluding hydrogens is 243 g/mol. The van der Waals surface area contributed by atoms with E-state index in [1.54, 1.807) is 6.07 Å². The smallest absolute Gasteiger partial charge is 0.0543 e. The molecule has 1 aromatic rings. The fourth-order valence-corrected chi connectivity index (χ4v) is 3.73. The molecule has 3 rings (SSSR count). The van der Waals surface area contributed by atoms with Gasteiger partial charge in [-0.05, 0) is 60.8 Å². The third kappa shape index (κ3) is 1.66. The Morgan fingerprint density at radius 2 is 1.88 bits per heavy atom. The zero-order valence-electron chi connectivity index (χ0n) is 8.92. The Bertz CT molecular complexity index is 412. The standard InChI is InChI=1S/C13H14Cl2O/c14-10-3-8(4-11(15)6-10)13-2-1-12(16)5-9(13)7-13/h3-4,6,9,12,16H,1-2,5,7H2. The Labute approximate surface area is 105 Å². The Morgan fingerprint density at radius 1 is 1.19 bits per heavy atom. The Kier molecular flexibility index (Phi) is 2.47. The molecule has 0 saturated heterocycles. The molecule has 1 N–H and O–H groups in total. The number of hydrogen-bond donors (Lipinski definition) is 1. The molecule has 16 heavy (non-hydrogen) atoms. The molecule has 2 aliphatic rings. The molecule has 0 bridgehead atoms. The van der Waals surface area contributed by atoms with Crippen molar-refractivity contribution < 1.29 is 5.11 Å². The van der Waals surface area contributed by atoms with Crippen molar-refractivity contribution in [2.24, 2.45) is 5.92 Å².